The second-order valence-corrected chi connectivity index (χ2v) is 9.77. The first-order valence-corrected chi connectivity index (χ1v) is 13.8. The molecule has 5 N–H and O–H groups in total. The Hall–Kier alpha value is -4.53. The summed E-state index contributed by atoms with van der Waals surface area (Å²) in [5.74, 6) is -1.40. The summed E-state index contributed by atoms with van der Waals surface area (Å²) in [4.78, 5) is 62.7. The number of anilines is 2. The Morgan fingerprint density at radius 2 is 1.77 bits per heavy atom. The standard InChI is InChI=1S/C29H35N5O9/c1-40-24-15-18(5-6-21(24)30)27(37)31-9-10-41-11-12-42-13-14-43-17-26(36)32-22-4-2-3-19-20(22)16-34(29(19)39)23-7-8-25(35)33-28(23)38/h2-6,15,23H,7-14,16-17,30H2,1H3,(H,31,37)(H,32,36)(H,33,35,38). The van der Waals surface area contributed by atoms with Crippen LogP contribution in [-0.4, -0.2) is 93.8 Å². The van der Waals surface area contributed by atoms with Crippen LogP contribution in [-0.2, 0) is 35.1 Å². The average Bonchev–Trinajstić information content (AvgIpc) is 3.32. The minimum atomic E-state index is -0.735. The Morgan fingerprint density at radius 1 is 1.02 bits per heavy atom. The van der Waals surface area contributed by atoms with E-state index in [0.29, 0.717) is 60.2 Å². The number of fused-ring (bicyclic) bond motifs is 1. The lowest BCUT2D eigenvalue weighted by Gasteiger charge is -2.29. The maximum Gasteiger partial charge on any atom is 0.255 e. The van der Waals surface area contributed by atoms with E-state index in [-0.39, 0.29) is 56.9 Å². The fourth-order valence-corrected chi connectivity index (χ4v) is 4.68. The molecule has 2 aromatic rings. The van der Waals surface area contributed by atoms with Crippen molar-refractivity contribution in [2.45, 2.75) is 25.4 Å². The quantitative estimate of drug-likeness (QED) is 0.128. The average molecular weight is 598 g/mol. The van der Waals surface area contributed by atoms with Gasteiger partial charge in [0, 0.05) is 41.9 Å². The summed E-state index contributed by atoms with van der Waals surface area (Å²) in [5, 5.41) is 7.78. The third-order valence-corrected chi connectivity index (χ3v) is 6.86. The summed E-state index contributed by atoms with van der Waals surface area (Å²) in [6, 6.07) is 9.04. The van der Waals surface area contributed by atoms with Crippen molar-refractivity contribution in [2.24, 2.45) is 0 Å². The van der Waals surface area contributed by atoms with E-state index in [2.05, 4.69) is 16.0 Å². The lowest BCUT2D eigenvalue weighted by molar-refractivity contribution is -0.137. The smallest absolute Gasteiger partial charge is 0.255 e. The van der Waals surface area contributed by atoms with E-state index >= 15 is 0 Å². The van der Waals surface area contributed by atoms with E-state index in [0.717, 1.165) is 0 Å². The normalized spacial score (nSPS) is 16.1. The fraction of sp³-hybridized carbons (Fsp3) is 0.414. The van der Waals surface area contributed by atoms with Crippen molar-refractivity contribution < 1.29 is 42.9 Å². The zero-order valence-electron chi connectivity index (χ0n) is 23.8. The maximum absolute atomic E-state index is 12.9. The highest BCUT2D eigenvalue weighted by Crippen LogP contribution is 2.32. The molecule has 14 heteroatoms. The van der Waals surface area contributed by atoms with Gasteiger partial charge in [-0.15, -0.1) is 0 Å². The Bertz CT molecular complexity index is 1370. The van der Waals surface area contributed by atoms with Crippen molar-refractivity contribution >= 4 is 40.9 Å². The van der Waals surface area contributed by atoms with Crippen LogP contribution in [0.2, 0.25) is 0 Å². The van der Waals surface area contributed by atoms with Crippen LogP contribution in [0.4, 0.5) is 11.4 Å². The molecule has 5 amide bonds. The number of nitrogens with zero attached hydrogens (tertiary/aromatic N) is 1. The zero-order valence-corrected chi connectivity index (χ0v) is 23.8. The van der Waals surface area contributed by atoms with Gasteiger partial charge in [0.15, 0.2) is 0 Å². The summed E-state index contributed by atoms with van der Waals surface area (Å²) in [7, 11) is 1.48. The highest BCUT2D eigenvalue weighted by Gasteiger charge is 2.39. The molecule has 1 fully saturated rings. The van der Waals surface area contributed by atoms with Gasteiger partial charge >= 0.3 is 0 Å². The van der Waals surface area contributed by atoms with Crippen LogP contribution >= 0.6 is 0 Å². The van der Waals surface area contributed by atoms with Gasteiger partial charge in [0.2, 0.25) is 17.7 Å². The molecule has 1 saturated heterocycles. The molecule has 1 atom stereocenters. The van der Waals surface area contributed by atoms with Crippen molar-refractivity contribution in [2.75, 3.05) is 64.3 Å². The molecule has 43 heavy (non-hydrogen) atoms. The van der Waals surface area contributed by atoms with Crippen LogP contribution < -0.4 is 26.4 Å². The van der Waals surface area contributed by atoms with Crippen LogP contribution in [0.5, 0.6) is 5.75 Å². The zero-order chi connectivity index (χ0) is 30.8. The maximum atomic E-state index is 12.9. The molecule has 0 radical (unpaired) electrons. The first-order chi connectivity index (χ1) is 20.8. The fourth-order valence-electron chi connectivity index (χ4n) is 4.68. The van der Waals surface area contributed by atoms with E-state index in [1.54, 1.807) is 36.4 Å². The summed E-state index contributed by atoms with van der Waals surface area (Å²) >= 11 is 0. The van der Waals surface area contributed by atoms with Gasteiger partial charge in [-0.2, -0.15) is 0 Å². The molecule has 0 bridgehead atoms. The number of amides is 5. The summed E-state index contributed by atoms with van der Waals surface area (Å²) in [6.07, 6.45) is 0.421. The molecule has 4 rings (SSSR count). The molecule has 0 aliphatic carbocycles. The number of hydrogen-bond donors (Lipinski definition) is 4. The van der Waals surface area contributed by atoms with Gasteiger partial charge in [0.05, 0.1) is 45.8 Å². The second-order valence-electron chi connectivity index (χ2n) is 9.77. The number of nitrogens with two attached hydrogens (primary N) is 1. The molecule has 2 aliphatic heterocycles. The lowest BCUT2D eigenvalue weighted by Crippen LogP contribution is -2.52. The predicted molar refractivity (Wildman–Crippen MR) is 153 cm³/mol. The molecule has 0 saturated carbocycles. The predicted octanol–water partition coefficient (Wildman–Crippen LogP) is 0.457. The third kappa shape index (κ3) is 8.28. The third-order valence-electron chi connectivity index (χ3n) is 6.86. The molecule has 14 nitrogen and oxygen atoms in total. The van der Waals surface area contributed by atoms with Crippen LogP contribution in [0.15, 0.2) is 36.4 Å². The van der Waals surface area contributed by atoms with Crippen molar-refractivity contribution in [1.29, 1.82) is 0 Å². The number of methoxy groups -OCH3 is 1. The number of carbonyl (C=O) groups excluding carboxylic acids is 5. The number of hydrogen-bond acceptors (Lipinski definition) is 10. The van der Waals surface area contributed by atoms with Gasteiger partial charge in [-0.25, -0.2) is 0 Å². The molecule has 2 aliphatic rings. The number of ether oxygens (including phenoxy) is 4. The first-order valence-electron chi connectivity index (χ1n) is 13.8. The van der Waals surface area contributed by atoms with Crippen LogP contribution in [0.1, 0.15) is 39.1 Å². The molecule has 2 aromatic carbocycles. The van der Waals surface area contributed by atoms with E-state index in [9.17, 15) is 24.0 Å². The Balaban J connectivity index is 1.07. The van der Waals surface area contributed by atoms with Crippen molar-refractivity contribution in [3.05, 3.63) is 53.1 Å². The number of nitrogen functional groups attached to an aromatic ring is 1. The van der Waals surface area contributed by atoms with Gasteiger partial charge in [0.1, 0.15) is 18.4 Å². The Morgan fingerprint density at radius 3 is 2.51 bits per heavy atom. The topological polar surface area (TPSA) is 188 Å². The van der Waals surface area contributed by atoms with Gasteiger partial charge in [-0.1, -0.05) is 6.07 Å². The van der Waals surface area contributed by atoms with E-state index in [1.165, 1.54) is 12.0 Å². The molecule has 0 spiro atoms. The lowest BCUT2D eigenvalue weighted by atomic mass is 10.0. The molecular weight excluding hydrogens is 562 g/mol. The molecule has 230 valence electrons. The van der Waals surface area contributed by atoms with Gasteiger partial charge in [-0.3, -0.25) is 29.3 Å². The number of rotatable bonds is 15. The van der Waals surface area contributed by atoms with Crippen molar-refractivity contribution in [1.82, 2.24) is 15.5 Å². The van der Waals surface area contributed by atoms with Crippen LogP contribution in [0.3, 0.4) is 0 Å². The highest BCUT2D eigenvalue weighted by atomic mass is 16.5. The monoisotopic (exact) mass is 597 g/mol. The van der Waals surface area contributed by atoms with E-state index in [1.807, 2.05) is 0 Å². The number of carbonyl (C=O) groups is 5. The largest absolute Gasteiger partial charge is 0.495 e. The highest BCUT2D eigenvalue weighted by molar-refractivity contribution is 6.06. The van der Waals surface area contributed by atoms with E-state index in [4.69, 9.17) is 24.7 Å². The minimum Gasteiger partial charge on any atom is -0.495 e. The number of benzene rings is 2. The van der Waals surface area contributed by atoms with Crippen LogP contribution in [0.25, 0.3) is 0 Å². The summed E-state index contributed by atoms with van der Waals surface area (Å²) < 4.78 is 21.4. The molecule has 0 aromatic heterocycles. The number of piperidine rings is 1. The second kappa shape index (κ2) is 15.1. The first kappa shape index (κ1) is 31.4. The van der Waals surface area contributed by atoms with Crippen molar-refractivity contribution in [3.63, 3.8) is 0 Å². The van der Waals surface area contributed by atoms with Gasteiger partial charge in [0.25, 0.3) is 11.8 Å². The van der Waals surface area contributed by atoms with E-state index < -0.39 is 17.9 Å². The summed E-state index contributed by atoms with van der Waals surface area (Å²) in [6.45, 7) is 1.62. The number of nitrogens with one attached hydrogen (secondary N) is 3. The Labute approximate surface area is 248 Å². The summed E-state index contributed by atoms with van der Waals surface area (Å²) in [5.41, 5.74) is 8.12. The molecular formula is C29H35N5O9. The van der Waals surface area contributed by atoms with Gasteiger partial charge in [-0.05, 0) is 36.8 Å². The molecule has 2 heterocycles. The van der Waals surface area contributed by atoms with Crippen molar-refractivity contribution in [3.8, 4) is 5.75 Å². The molecule has 1 unspecified atom stereocenters. The number of imide groups is 1. The van der Waals surface area contributed by atoms with Gasteiger partial charge < -0.3 is 40.2 Å². The SMILES string of the molecule is COc1cc(C(=O)NCCOCCOCCOCC(=O)Nc2cccc3c2CN(C2CCC(=O)NC2=O)C3=O)ccc1N. The minimum absolute atomic E-state index is 0.151. The van der Waals surface area contributed by atoms with Crippen LogP contribution in [0, 0.1) is 0 Å². The Kier molecular flexibility index (Phi) is 11.0.